The molecule has 1 fully saturated rings. The zero-order valence-electron chi connectivity index (χ0n) is 10.2. The molecule has 0 amide bonds. The number of carboxylic acids is 1. The highest BCUT2D eigenvalue weighted by Gasteiger charge is 2.25. The summed E-state index contributed by atoms with van der Waals surface area (Å²) >= 11 is 0. The van der Waals surface area contributed by atoms with Gasteiger partial charge in [0.25, 0.3) is 0 Å². The molecule has 2 rings (SSSR count). The molecule has 4 N–H and O–H groups in total. The SMILES string of the molecule is Nc1cc(C(=O)O)ccc1NS(=O)(=O)N1CCCC1. The van der Waals surface area contributed by atoms with Gasteiger partial charge in [0.1, 0.15) is 0 Å². The van der Waals surface area contributed by atoms with Crippen molar-refractivity contribution in [3.05, 3.63) is 23.8 Å². The summed E-state index contributed by atoms with van der Waals surface area (Å²) in [5.74, 6) is -1.11. The second-order valence-corrected chi connectivity index (χ2v) is 5.99. The summed E-state index contributed by atoms with van der Waals surface area (Å²) in [4.78, 5) is 10.8. The van der Waals surface area contributed by atoms with Crippen molar-refractivity contribution < 1.29 is 18.3 Å². The summed E-state index contributed by atoms with van der Waals surface area (Å²) in [6.45, 7) is 0.977. The molecule has 0 saturated carbocycles. The number of nitrogens with two attached hydrogens (primary N) is 1. The number of carbonyl (C=O) groups is 1. The Morgan fingerprint density at radius 1 is 1.32 bits per heavy atom. The van der Waals surface area contributed by atoms with Gasteiger partial charge in [0, 0.05) is 13.1 Å². The van der Waals surface area contributed by atoms with Crippen LogP contribution in [0.15, 0.2) is 18.2 Å². The van der Waals surface area contributed by atoms with E-state index >= 15 is 0 Å². The Balaban J connectivity index is 2.21. The van der Waals surface area contributed by atoms with Crippen LogP contribution in [0.4, 0.5) is 11.4 Å². The van der Waals surface area contributed by atoms with Gasteiger partial charge in [0.05, 0.1) is 16.9 Å². The first-order valence-corrected chi connectivity index (χ1v) is 7.25. The molecular formula is C11H15N3O4S. The molecule has 8 heteroatoms. The maximum atomic E-state index is 12.0. The fourth-order valence-electron chi connectivity index (χ4n) is 1.92. The van der Waals surface area contributed by atoms with Gasteiger partial charge in [-0.25, -0.2) is 4.79 Å². The molecule has 1 aromatic rings. The molecule has 104 valence electrons. The number of nitrogen functional groups attached to an aromatic ring is 1. The van der Waals surface area contributed by atoms with Crippen molar-refractivity contribution in [1.82, 2.24) is 4.31 Å². The third-order valence-corrected chi connectivity index (χ3v) is 4.47. The number of hydrogen-bond donors (Lipinski definition) is 3. The van der Waals surface area contributed by atoms with E-state index in [0.29, 0.717) is 13.1 Å². The number of aromatic carboxylic acids is 1. The number of benzene rings is 1. The van der Waals surface area contributed by atoms with E-state index in [1.165, 1.54) is 22.5 Å². The van der Waals surface area contributed by atoms with Gasteiger partial charge in [-0.1, -0.05) is 0 Å². The van der Waals surface area contributed by atoms with Crippen molar-refractivity contribution in [3.63, 3.8) is 0 Å². The Hall–Kier alpha value is -1.80. The Morgan fingerprint density at radius 3 is 2.47 bits per heavy atom. The van der Waals surface area contributed by atoms with E-state index < -0.39 is 16.2 Å². The summed E-state index contributed by atoms with van der Waals surface area (Å²) in [6, 6.07) is 3.89. The van der Waals surface area contributed by atoms with Gasteiger partial charge in [-0.2, -0.15) is 12.7 Å². The fraction of sp³-hybridized carbons (Fsp3) is 0.364. The number of nitrogens with one attached hydrogen (secondary N) is 1. The van der Waals surface area contributed by atoms with Gasteiger partial charge in [-0.15, -0.1) is 0 Å². The zero-order valence-corrected chi connectivity index (χ0v) is 11.0. The molecule has 7 nitrogen and oxygen atoms in total. The maximum Gasteiger partial charge on any atom is 0.335 e. The molecular weight excluding hydrogens is 270 g/mol. The molecule has 19 heavy (non-hydrogen) atoms. The first-order chi connectivity index (χ1) is 8.90. The average molecular weight is 285 g/mol. The van der Waals surface area contributed by atoms with Crippen molar-refractivity contribution in [2.24, 2.45) is 0 Å². The lowest BCUT2D eigenvalue weighted by Crippen LogP contribution is -2.33. The number of hydrogen-bond acceptors (Lipinski definition) is 4. The summed E-state index contributed by atoms with van der Waals surface area (Å²) in [5, 5.41) is 8.80. The van der Waals surface area contributed by atoms with E-state index in [9.17, 15) is 13.2 Å². The first-order valence-electron chi connectivity index (χ1n) is 5.81. The first kappa shape index (κ1) is 13.6. The van der Waals surface area contributed by atoms with Crippen molar-refractivity contribution in [2.75, 3.05) is 23.5 Å². The van der Waals surface area contributed by atoms with E-state index in [-0.39, 0.29) is 16.9 Å². The third-order valence-electron chi connectivity index (χ3n) is 2.94. The molecule has 0 bridgehead atoms. The van der Waals surface area contributed by atoms with Crippen LogP contribution >= 0.6 is 0 Å². The van der Waals surface area contributed by atoms with E-state index in [0.717, 1.165) is 12.8 Å². The molecule has 1 heterocycles. The van der Waals surface area contributed by atoms with E-state index in [1.807, 2.05) is 0 Å². The highest BCUT2D eigenvalue weighted by atomic mass is 32.2. The van der Waals surface area contributed by atoms with Crippen LogP contribution in [0, 0.1) is 0 Å². The van der Waals surface area contributed by atoms with E-state index in [1.54, 1.807) is 0 Å². The van der Waals surface area contributed by atoms with Crippen molar-refractivity contribution >= 4 is 27.6 Å². The molecule has 0 unspecified atom stereocenters. The Bertz CT molecular complexity index is 594. The normalized spacial score (nSPS) is 16.4. The van der Waals surface area contributed by atoms with Gasteiger partial charge in [0.2, 0.25) is 0 Å². The van der Waals surface area contributed by atoms with Crippen LogP contribution in [0.2, 0.25) is 0 Å². The standard InChI is InChI=1S/C11H15N3O4S/c12-9-7-8(11(15)16)3-4-10(9)13-19(17,18)14-5-1-2-6-14/h3-4,7,13H,1-2,5-6,12H2,(H,15,16). The van der Waals surface area contributed by atoms with Gasteiger partial charge in [-0.05, 0) is 31.0 Å². The summed E-state index contributed by atoms with van der Waals surface area (Å²) in [6.07, 6.45) is 1.68. The molecule has 0 radical (unpaired) electrons. The van der Waals surface area contributed by atoms with Crippen LogP contribution in [-0.4, -0.2) is 36.9 Å². The van der Waals surface area contributed by atoms with Gasteiger partial charge in [0.15, 0.2) is 0 Å². The maximum absolute atomic E-state index is 12.0. The second kappa shape index (κ2) is 5.06. The molecule has 0 atom stereocenters. The Morgan fingerprint density at radius 2 is 1.95 bits per heavy atom. The van der Waals surface area contributed by atoms with Crippen molar-refractivity contribution in [1.29, 1.82) is 0 Å². The minimum Gasteiger partial charge on any atom is -0.478 e. The molecule has 0 aliphatic carbocycles. The average Bonchev–Trinajstić information content (AvgIpc) is 2.85. The van der Waals surface area contributed by atoms with Gasteiger partial charge >= 0.3 is 16.2 Å². The molecule has 0 spiro atoms. The van der Waals surface area contributed by atoms with Crippen LogP contribution in [0.1, 0.15) is 23.2 Å². The molecule has 0 aromatic heterocycles. The lowest BCUT2D eigenvalue weighted by molar-refractivity contribution is 0.0697. The lowest BCUT2D eigenvalue weighted by atomic mass is 10.2. The van der Waals surface area contributed by atoms with Gasteiger partial charge in [-0.3, -0.25) is 4.72 Å². The Labute approximate surface area is 111 Å². The number of rotatable bonds is 4. The summed E-state index contributed by atoms with van der Waals surface area (Å²) < 4.78 is 27.8. The monoisotopic (exact) mass is 285 g/mol. The molecule has 1 aliphatic rings. The van der Waals surface area contributed by atoms with Crippen LogP contribution < -0.4 is 10.5 Å². The largest absolute Gasteiger partial charge is 0.478 e. The zero-order chi connectivity index (χ0) is 14.0. The smallest absolute Gasteiger partial charge is 0.335 e. The summed E-state index contributed by atoms with van der Waals surface area (Å²) in [5.41, 5.74) is 5.95. The molecule has 1 aliphatic heterocycles. The minimum atomic E-state index is -3.61. The highest BCUT2D eigenvalue weighted by molar-refractivity contribution is 7.90. The molecule has 1 aromatic carbocycles. The van der Waals surface area contributed by atoms with Crippen LogP contribution in [0.5, 0.6) is 0 Å². The quantitative estimate of drug-likeness (QED) is 0.705. The number of carboxylic acid groups (broad SMARTS) is 1. The van der Waals surface area contributed by atoms with Gasteiger partial charge < -0.3 is 10.8 Å². The minimum absolute atomic E-state index is 0.0154. The topological polar surface area (TPSA) is 113 Å². The Kier molecular flexibility index (Phi) is 3.63. The van der Waals surface area contributed by atoms with E-state index in [2.05, 4.69) is 4.72 Å². The highest BCUT2D eigenvalue weighted by Crippen LogP contribution is 2.23. The van der Waals surface area contributed by atoms with Crippen LogP contribution in [-0.2, 0) is 10.2 Å². The van der Waals surface area contributed by atoms with E-state index in [4.69, 9.17) is 10.8 Å². The predicted octanol–water partition coefficient (Wildman–Crippen LogP) is 0.719. The fourth-order valence-corrected chi connectivity index (χ4v) is 3.25. The number of nitrogens with zero attached hydrogens (tertiary/aromatic N) is 1. The lowest BCUT2D eigenvalue weighted by Gasteiger charge is -2.17. The molecule has 1 saturated heterocycles. The number of anilines is 2. The predicted molar refractivity (Wildman–Crippen MR) is 71.2 cm³/mol. The van der Waals surface area contributed by atoms with Crippen LogP contribution in [0.25, 0.3) is 0 Å². The van der Waals surface area contributed by atoms with Crippen LogP contribution in [0.3, 0.4) is 0 Å². The third kappa shape index (κ3) is 2.96. The van der Waals surface area contributed by atoms with Crippen molar-refractivity contribution in [3.8, 4) is 0 Å². The summed E-state index contributed by atoms with van der Waals surface area (Å²) in [7, 11) is -3.61. The van der Waals surface area contributed by atoms with Crippen molar-refractivity contribution in [2.45, 2.75) is 12.8 Å². The second-order valence-electron chi connectivity index (χ2n) is 4.32.